The summed E-state index contributed by atoms with van der Waals surface area (Å²) in [5, 5.41) is 12.6. The Morgan fingerprint density at radius 1 is 0.727 bits per heavy atom. The number of rotatable bonds is 2. The molecule has 4 aromatic rings. The average molecular weight is 286 g/mol. The Labute approximate surface area is 127 Å². The van der Waals surface area contributed by atoms with Crippen molar-refractivity contribution in [3.8, 4) is 0 Å². The van der Waals surface area contributed by atoms with Crippen LogP contribution in [0.4, 0.5) is 0 Å². The summed E-state index contributed by atoms with van der Waals surface area (Å²) in [7, 11) is 0. The van der Waals surface area contributed by atoms with Gasteiger partial charge in [-0.15, -0.1) is 0 Å². The average Bonchev–Trinajstić information content (AvgIpc) is 2.61. The maximum Gasteiger partial charge on any atom is 0.121 e. The number of aliphatic hydroxyl groups excluding tert-OH is 1. The van der Waals surface area contributed by atoms with Gasteiger partial charge in [0.2, 0.25) is 0 Å². The Hall–Kier alpha value is -2.78. The molecule has 2 aromatic carbocycles. The Morgan fingerprint density at radius 3 is 2.27 bits per heavy atom. The zero-order chi connectivity index (χ0) is 14.9. The van der Waals surface area contributed by atoms with Crippen molar-refractivity contribution < 1.29 is 5.11 Å². The van der Waals surface area contributed by atoms with Crippen LogP contribution in [0.15, 0.2) is 72.9 Å². The van der Waals surface area contributed by atoms with Gasteiger partial charge in [0.05, 0.1) is 16.7 Å². The third-order valence-corrected chi connectivity index (χ3v) is 3.85. The van der Waals surface area contributed by atoms with Crippen molar-refractivity contribution in [2.45, 2.75) is 6.10 Å². The first-order chi connectivity index (χ1) is 10.8. The second-order valence-electron chi connectivity index (χ2n) is 5.26. The molecule has 106 valence electrons. The highest BCUT2D eigenvalue weighted by atomic mass is 16.3. The highest BCUT2D eigenvalue weighted by Crippen LogP contribution is 2.26. The molecule has 0 spiro atoms. The molecule has 3 heteroatoms. The van der Waals surface area contributed by atoms with Crippen molar-refractivity contribution in [3.05, 3.63) is 84.2 Å². The molecule has 0 bridgehead atoms. The number of aromatic nitrogens is 2. The van der Waals surface area contributed by atoms with Gasteiger partial charge in [-0.2, -0.15) is 0 Å². The summed E-state index contributed by atoms with van der Waals surface area (Å²) in [6, 6.07) is 21.4. The predicted molar refractivity (Wildman–Crippen MR) is 87.5 cm³/mol. The first kappa shape index (κ1) is 12.9. The smallest absolute Gasteiger partial charge is 0.121 e. The van der Waals surface area contributed by atoms with Crippen molar-refractivity contribution in [2.24, 2.45) is 0 Å². The molecule has 0 radical (unpaired) electrons. The molecule has 0 aliphatic carbocycles. The summed E-state index contributed by atoms with van der Waals surface area (Å²) in [5.74, 6) is 0. The van der Waals surface area contributed by atoms with E-state index >= 15 is 0 Å². The molecular weight excluding hydrogens is 272 g/mol. The van der Waals surface area contributed by atoms with Crippen LogP contribution in [0.1, 0.15) is 17.4 Å². The van der Waals surface area contributed by atoms with Crippen LogP contribution in [-0.2, 0) is 0 Å². The third-order valence-electron chi connectivity index (χ3n) is 3.85. The maximum atomic E-state index is 10.5. The fourth-order valence-electron chi connectivity index (χ4n) is 2.70. The molecule has 22 heavy (non-hydrogen) atoms. The first-order valence-corrected chi connectivity index (χ1v) is 7.20. The first-order valence-electron chi connectivity index (χ1n) is 7.20. The van der Waals surface area contributed by atoms with Gasteiger partial charge in [0.15, 0.2) is 0 Å². The second kappa shape index (κ2) is 5.20. The van der Waals surface area contributed by atoms with E-state index in [9.17, 15) is 5.11 Å². The van der Waals surface area contributed by atoms with Crippen molar-refractivity contribution in [2.75, 3.05) is 0 Å². The predicted octanol–water partition coefficient (Wildman–Crippen LogP) is 3.86. The quantitative estimate of drug-likeness (QED) is 0.569. The standard InChI is InChI=1S/C19H14N2O/c22-19(15-5-2-1-3-6-15)16-11-10-14-9-8-13-7-4-12-20-17(13)18(14)21-16/h1-12,19,22H. The third kappa shape index (κ3) is 2.12. The molecule has 1 atom stereocenters. The zero-order valence-corrected chi connectivity index (χ0v) is 11.8. The highest BCUT2D eigenvalue weighted by Gasteiger charge is 2.13. The minimum absolute atomic E-state index is 0.636. The van der Waals surface area contributed by atoms with Crippen LogP contribution in [-0.4, -0.2) is 15.1 Å². The van der Waals surface area contributed by atoms with Crippen molar-refractivity contribution in [3.63, 3.8) is 0 Å². The molecular formula is C19H14N2O. The van der Waals surface area contributed by atoms with Crippen molar-refractivity contribution in [1.82, 2.24) is 9.97 Å². The van der Waals surface area contributed by atoms with Gasteiger partial charge >= 0.3 is 0 Å². The van der Waals surface area contributed by atoms with Gasteiger partial charge < -0.3 is 5.11 Å². The van der Waals surface area contributed by atoms with Gasteiger partial charge in [-0.05, 0) is 17.7 Å². The summed E-state index contributed by atoms with van der Waals surface area (Å²) in [6.45, 7) is 0. The van der Waals surface area contributed by atoms with Crippen molar-refractivity contribution >= 4 is 21.8 Å². The molecule has 2 aromatic heterocycles. The molecule has 0 amide bonds. The molecule has 3 nitrogen and oxygen atoms in total. The fraction of sp³-hybridized carbons (Fsp3) is 0.0526. The van der Waals surface area contributed by atoms with E-state index in [2.05, 4.69) is 9.97 Å². The molecule has 0 aliphatic rings. The SMILES string of the molecule is OC(c1ccccc1)c1ccc2ccc3cccnc3c2n1. The van der Waals surface area contributed by atoms with E-state index in [-0.39, 0.29) is 0 Å². The van der Waals surface area contributed by atoms with Gasteiger partial charge in [-0.3, -0.25) is 4.98 Å². The molecule has 4 rings (SSSR count). The van der Waals surface area contributed by atoms with E-state index in [4.69, 9.17) is 0 Å². The van der Waals surface area contributed by atoms with Crippen LogP contribution in [0.25, 0.3) is 21.8 Å². The lowest BCUT2D eigenvalue weighted by atomic mass is 10.0. The maximum absolute atomic E-state index is 10.5. The molecule has 1 N–H and O–H groups in total. The zero-order valence-electron chi connectivity index (χ0n) is 11.8. The van der Waals surface area contributed by atoms with Gasteiger partial charge in [-0.25, -0.2) is 4.98 Å². The Morgan fingerprint density at radius 2 is 1.45 bits per heavy atom. The molecule has 0 aliphatic heterocycles. The van der Waals surface area contributed by atoms with Gasteiger partial charge in [-0.1, -0.05) is 54.6 Å². The van der Waals surface area contributed by atoms with E-state index in [1.165, 1.54) is 0 Å². The lowest BCUT2D eigenvalue weighted by Gasteiger charge is -2.12. The van der Waals surface area contributed by atoms with Gasteiger partial charge in [0.1, 0.15) is 6.10 Å². The van der Waals surface area contributed by atoms with Crippen LogP contribution >= 0.6 is 0 Å². The van der Waals surface area contributed by atoms with Crippen LogP contribution in [0, 0.1) is 0 Å². The van der Waals surface area contributed by atoms with Crippen LogP contribution in [0.3, 0.4) is 0 Å². The summed E-state index contributed by atoms with van der Waals surface area (Å²) in [4.78, 5) is 9.11. The summed E-state index contributed by atoms with van der Waals surface area (Å²) >= 11 is 0. The summed E-state index contributed by atoms with van der Waals surface area (Å²) < 4.78 is 0. The van der Waals surface area contributed by atoms with Gasteiger partial charge in [0, 0.05) is 17.0 Å². The van der Waals surface area contributed by atoms with Crippen LogP contribution in [0.5, 0.6) is 0 Å². The number of pyridine rings is 2. The number of nitrogens with zero attached hydrogens (tertiary/aromatic N) is 2. The number of aliphatic hydroxyl groups is 1. The van der Waals surface area contributed by atoms with E-state index in [0.29, 0.717) is 5.69 Å². The molecule has 1 unspecified atom stereocenters. The number of hydrogen-bond acceptors (Lipinski definition) is 3. The normalized spacial score (nSPS) is 12.6. The van der Waals surface area contributed by atoms with Crippen LogP contribution < -0.4 is 0 Å². The topological polar surface area (TPSA) is 46.0 Å². The van der Waals surface area contributed by atoms with E-state index in [1.54, 1.807) is 6.20 Å². The van der Waals surface area contributed by atoms with Gasteiger partial charge in [0.25, 0.3) is 0 Å². The lowest BCUT2D eigenvalue weighted by Crippen LogP contribution is -2.02. The molecule has 0 saturated carbocycles. The monoisotopic (exact) mass is 286 g/mol. The highest BCUT2D eigenvalue weighted by molar-refractivity contribution is 6.02. The Bertz CT molecular complexity index is 951. The van der Waals surface area contributed by atoms with Crippen molar-refractivity contribution in [1.29, 1.82) is 0 Å². The summed E-state index contributed by atoms with van der Waals surface area (Å²) in [5.41, 5.74) is 3.16. The molecule has 2 heterocycles. The number of fused-ring (bicyclic) bond motifs is 3. The minimum Gasteiger partial charge on any atom is -0.382 e. The van der Waals surface area contributed by atoms with E-state index < -0.39 is 6.10 Å². The molecule has 0 saturated heterocycles. The molecule has 0 fully saturated rings. The second-order valence-corrected chi connectivity index (χ2v) is 5.26. The Kier molecular flexibility index (Phi) is 3.06. The number of benzene rings is 2. The Balaban J connectivity index is 1.91. The van der Waals surface area contributed by atoms with E-state index in [0.717, 1.165) is 27.4 Å². The largest absolute Gasteiger partial charge is 0.382 e. The minimum atomic E-state index is -0.732. The lowest BCUT2D eigenvalue weighted by molar-refractivity contribution is 0.216. The van der Waals surface area contributed by atoms with Crippen LogP contribution in [0.2, 0.25) is 0 Å². The number of hydrogen-bond donors (Lipinski definition) is 1. The van der Waals surface area contributed by atoms with E-state index in [1.807, 2.05) is 66.7 Å². The summed E-state index contributed by atoms with van der Waals surface area (Å²) in [6.07, 6.45) is 1.04. The fourth-order valence-corrected chi connectivity index (χ4v) is 2.70.